The summed E-state index contributed by atoms with van der Waals surface area (Å²) in [4.78, 5) is 11.8. The minimum absolute atomic E-state index is 0.266. The summed E-state index contributed by atoms with van der Waals surface area (Å²) < 4.78 is 5.25. The normalized spacial score (nSPS) is 33.1. The number of hydrogen-bond acceptors (Lipinski definition) is 4. The molecule has 0 aromatic heterocycles. The van der Waals surface area contributed by atoms with Crippen LogP contribution in [0.2, 0.25) is 0 Å². The monoisotopic (exact) mass is 200 g/mol. The van der Waals surface area contributed by atoms with Crippen LogP contribution in [0.1, 0.15) is 40.0 Å². The molecule has 0 bridgehead atoms. The van der Waals surface area contributed by atoms with Gasteiger partial charge in [0.05, 0.1) is 0 Å². The van der Waals surface area contributed by atoms with Crippen LogP contribution in [0.15, 0.2) is 0 Å². The Balaban J connectivity index is 2.68. The molecule has 0 aromatic rings. The molecule has 0 amide bonds. The molecule has 0 spiro atoms. The van der Waals surface area contributed by atoms with E-state index in [1.165, 1.54) is 0 Å². The molecule has 82 valence electrons. The molecule has 1 fully saturated rings. The number of carbonyl (C=O) groups is 1. The van der Waals surface area contributed by atoms with Crippen LogP contribution in [0.3, 0.4) is 0 Å². The number of carbonyl (C=O) groups excluding carboxylic acids is 1. The van der Waals surface area contributed by atoms with Crippen molar-refractivity contribution in [1.82, 2.24) is 0 Å². The first-order valence-electron chi connectivity index (χ1n) is 5.03. The smallest absolute Gasteiger partial charge is 0.328 e. The van der Waals surface area contributed by atoms with Crippen molar-refractivity contribution in [3.8, 4) is 0 Å². The molecule has 1 aliphatic carbocycles. The van der Waals surface area contributed by atoms with Crippen LogP contribution in [0, 0.1) is 0 Å². The molecule has 4 heteroatoms. The van der Waals surface area contributed by atoms with Gasteiger partial charge in [-0.25, -0.2) is 4.79 Å². The summed E-state index contributed by atoms with van der Waals surface area (Å²) in [7, 11) is 0. The molecular weight excluding hydrogens is 180 g/mol. The van der Waals surface area contributed by atoms with E-state index in [0.717, 1.165) is 12.8 Å². The minimum atomic E-state index is -0.965. The van der Waals surface area contributed by atoms with E-state index < -0.39 is 11.1 Å². The summed E-state index contributed by atoms with van der Waals surface area (Å²) >= 11 is 0. The summed E-state index contributed by atoms with van der Waals surface area (Å²) in [5, 5.41) is 0. The van der Waals surface area contributed by atoms with Crippen LogP contribution >= 0.6 is 0 Å². The van der Waals surface area contributed by atoms with Gasteiger partial charge < -0.3 is 16.2 Å². The topological polar surface area (TPSA) is 78.3 Å². The molecule has 0 saturated heterocycles. The summed E-state index contributed by atoms with van der Waals surface area (Å²) in [5.41, 5.74) is 10.3. The van der Waals surface area contributed by atoms with Gasteiger partial charge in [0.15, 0.2) is 0 Å². The van der Waals surface area contributed by atoms with Crippen molar-refractivity contribution in [3.63, 3.8) is 0 Å². The lowest BCUT2D eigenvalue weighted by Gasteiger charge is -2.30. The maximum absolute atomic E-state index is 11.8. The van der Waals surface area contributed by atoms with Crippen LogP contribution < -0.4 is 11.5 Å². The molecule has 1 aliphatic rings. The van der Waals surface area contributed by atoms with E-state index in [1.54, 1.807) is 0 Å². The van der Waals surface area contributed by atoms with Crippen molar-refractivity contribution in [2.45, 2.75) is 57.2 Å². The Hall–Kier alpha value is -0.610. The van der Waals surface area contributed by atoms with Gasteiger partial charge in [0.2, 0.25) is 0 Å². The van der Waals surface area contributed by atoms with E-state index in [-0.39, 0.29) is 12.0 Å². The number of hydrogen-bond donors (Lipinski definition) is 2. The third-order valence-corrected chi connectivity index (χ3v) is 2.55. The predicted octanol–water partition coefficient (Wildman–Crippen LogP) is 0.537. The fraction of sp³-hybridized carbons (Fsp3) is 0.900. The average Bonchev–Trinajstić information content (AvgIpc) is 2.30. The van der Waals surface area contributed by atoms with Gasteiger partial charge in [-0.15, -0.1) is 0 Å². The Bertz CT molecular complexity index is 235. The fourth-order valence-electron chi connectivity index (χ4n) is 1.68. The molecular formula is C10H20N2O2. The lowest BCUT2D eigenvalue weighted by Crippen LogP contribution is -2.59. The van der Waals surface area contributed by atoms with Crippen LogP contribution in [0.5, 0.6) is 0 Å². The third kappa shape index (κ3) is 2.25. The zero-order valence-electron chi connectivity index (χ0n) is 9.17. The SMILES string of the molecule is CC(C)(C)OC(=O)C1(N)CCCC1N. The molecule has 4 nitrogen and oxygen atoms in total. The highest BCUT2D eigenvalue weighted by Crippen LogP contribution is 2.28. The van der Waals surface area contributed by atoms with Gasteiger partial charge in [0, 0.05) is 6.04 Å². The first-order valence-corrected chi connectivity index (χ1v) is 5.03. The highest BCUT2D eigenvalue weighted by molar-refractivity contribution is 5.82. The quantitative estimate of drug-likeness (QED) is 0.605. The second-order valence-electron chi connectivity index (χ2n) is 5.04. The second kappa shape index (κ2) is 3.51. The van der Waals surface area contributed by atoms with Crippen molar-refractivity contribution >= 4 is 5.97 Å². The minimum Gasteiger partial charge on any atom is -0.459 e. The molecule has 1 saturated carbocycles. The maximum atomic E-state index is 11.8. The molecule has 2 atom stereocenters. The van der Waals surface area contributed by atoms with E-state index in [9.17, 15) is 4.79 Å². The van der Waals surface area contributed by atoms with Gasteiger partial charge in [0.25, 0.3) is 0 Å². The molecule has 1 rings (SSSR count). The first kappa shape index (κ1) is 11.5. The second-order valence-corrected chi connectivity index (χ2v) is 5.04. The van der Waals surface area contributed by atoms with Gasteiger partial charge in [0.1, 0.15) is 11.1 Å². The summed E-state index contributed by atoms with van der Waals surface area (Å²) in [6.07, 6.45) is 2.33. The molecule has 14 heavy (non-hydrogen) atoms. The first-order chi connectivity index (χ1) is 6.26. The van der Waals surface area contributed by atoms with Crippen LogP contribution in [-0.4, -0.2) is 23.2 Å². The van der Waals surface area contributed by atoms with E-state index >= 15 is 0 Å². The highest BCUT2D eigenvalue weighted by atomic mass is 16.6. The number of nitrogens with two attached hydrogens (primary N) is 2. The zero-order valence-corrected chi connectivity index (χ0v) is 9.17. The Labute approximate surface area is 85.0 Å². The number of esters is 1. The molecule has 0 aliphatic heterocycles. The molecule has 2 unspecified atom stereocenters. The van der Waals surface area contributed by atoms with Crippen molar-refractivity contribution in [1.29, 1.82) is 0 Å². The zero-order chi connectivity index (χ0) is 11.0. The van der Waals surface area contributed by atoms with Crippen LogP contribution in [-0.2, 0) is 9.53 Å². The summed E-state index contributed by atoms with van der Waals surface area (Å²) in [6.45, 7) is 5.48. The predicted molar refractivity (Wildman–Crippen MR) is 54.6 cm³/mol. The van der Waals surface area contributed by atoms with Crippen molar-refractivity contribution in [3.05, 3.63) is 0 Å². The number of ether oxygens (including phenoxy) is 1. The molecule has 4 N–H and O–H groups in total. The van der Waals surface area contributed by atoms with Crippen LogP contribution in [0.25, 0.3) is 0 Å². The Morgan fingerprint density at radius 1 is 1.50 bits per heavy atom. The lowest BCUT2D eigenvalue weighted by molar-refractivity contribution is -0.161. The van der Waals surface area contributed by atoms with Gasteiger partial charge in [-0.05, 0) is 40.0 Å². The maximum Gasteiger partial charge on any atom is 0.328 e. The standard InChI is InChI=1S/C10H20N2O2/c1-9(2,3)14-8(13)10(12)6-4-5-7(10)11/h7H,4-6,11-12H2,1-3H3. The molecule has 0 aromatic carbocycles. The van der Waals surface area contributed by atoms with E-state index in [1.807, 2.05) is 20.8 Å². The van der Waals surface area contributed by atoms with Crippen molar-refractivity contribution in [2.75, 3.05) is 0 Å². The average molecular weight is 200 g/mol. The van der Waals surface area contributed by atoms with Crippen LogP contribution in [0.4, 0.5) is 0 Å². The summed E-state index contributed by atoms with van der Waals surface area (Å²) in [6, 6.07) is -0.266. The number of rotatable bonds is 1. The fourth-order valence-corrected chi connectivity index (χ4v) is 1.68. The Morgan fingerprint density at radius 2 is 2.07 bits per heavy atom. The van der Waals surface area contributed by atoms with Gasteiger partial charge >= 0.3 is 5.97 Å². The third-order valence-electron chi connectivity index (χ3n) is 2.55. The van der Waals surface area contributed by atoms with Crippen molar-refractivity contribution < 1.29 is 9.53 Å². The van der Waals surface area contributed by atoms with E-state index in [4.69, 9.17) is 16.2 Å². The van der Waals surface area contributed by atoms with Gasteiger partial charge in [-0.3, -0.25) is 0 Å². The van der Waals surface area contributed by atoms with E-state index in [0.29, 0.717) is 6.42 Å². The van der Waals surface area contributed by atoms with Gasteiger partial charge in [-0.1, -0.05) is 0 Å². The Morgan fingerprint density at radius 3 is 2.43 bits per heavy atom. The van der Waals surface area contributed by atoms with Gasteiger partial charge in [-0.2, -0.15) is 0 Å². The van der Waals surface area contributed by atoms with E-state index in [2.05, 4.69) is 0 Å². The largest absolute Gasteiger partial charge is 0.459 e. The lowest BCUT2D eigenvalue weighted by atomic mass is 9.95. The Kier molecular flexibility index (Phi) is 2.88. The molecule has 0 heterocycles. The molecule has 0 radical (unpaired) electrons. The highest BCUT2D eigenvalue weighted by Gasteiger charge is 2.46. The van der Waals surface area contributed by atoms with Crippen molar-refractivity contribution in [2.24, 2.45) is 11.5 Å². The summed E-state index contributed by atoms with van der Waals surface area (Å²) in [5.74, 6) is -0.366.